The Bertz CT molecular complexity index is 230. The number of hydrogen-bond donors (Lipinski definition) is 0. The molecule has 58 valence electrons. The zero-order valence-electron chi connectivity index (χ0n) is 6.08. The van der Waals surface area contributed by atoms with Crippen molar-refractivity contribution in [3.05, 3.63) is 36.4 Å². The Kier molecular flexibility index (Phi) is 3.56. The summed E-state index contributed by atoms with van der Waals surface area (Å²) in [6.07, 6.45) is 1.81. The molecule has 0 amide bonds. The molecule has 0 fully saturated rings. The first-order valence-electron chi connectivity index (χ1n) is 3.22. The highest BCUT2D eigenvalue weighted by molar-refractivity contribution is 8.00. The molecule has 1 rings (SSSR count). The maximum atomic E-state index is 5.26. The van der Waals surface area contributed by atoms with Gasteiger partial charge in [-0.05, 0) is 17.7 Å². The van der Waals surface area contributed by atoms with E-state index in [0.717, 1.165) is 11.3 Å². The highest BCUT2D eigenvalue weighted by Gasteiger charge is 1.89. The lowest BCUT2D eigenvalue weighted by atomic mass is 10.2. The van der Waals surface area contributed by atoms with E-state index < -0.39 is 0 Å². The first-order chi connectivity index (χ1) is 5.36. The molecule has 0 saturated heterocycles. The van der Waals surface area contributed by atoms with E-state index in [4.69, 9.17) is 4.52 Å². The summed E-state index contributed by atoms with van der Waals surface area (Å²) in [6.45, 7) is 3.66. The second-order valence-electron chi connectivity index (χ2n) is 1.99. The minimum absolute atomic E-state index is 0.423. The summed E-state index contributed by atoms with van der Waals surface area (Å²) < 4.78 is 5.26. The average molecular weight is 184 g/mol. The lowest BCUT2D eigenvalue weighted by molar-refractivity contribution is 0.643. The van der Waals surface area contributed by atoms with Gasteiger partial charge in [0.2, 0.25) is 0 Å². The van der Waals surface area contributed by atoms with Crippen LogP contribution >= 0.6 is 17.4 Å². The minimum Gasteiger partial charge on any atom is -0.473 e. The molecule has 2 unspecified atom stereocenters. The van der Waals surface area contributed by atoms with E-state index in [-0.39, 0.29) is 0 Å². The van der Waals surface area contributed by atoms with Crippen molar-refractivity contribution in [2.24, 2.45) is 0 Å². The van der Waals surface area contributed by atoms with Crippen LogP contribution in [0.25, 0.3) is 6.08 Å². The number of rotatable bonds is 3. The second-order valence-corrected chi connectivity index (χ2v) is 3.14. The molecule has 11 heavy (non-hydrogen) atoms. The molecular formula is C8H10OP2. The quantitative estimate of drug-likeness (QED) is 0.656. The topological polar surface area (TPSA) is 9.23 Å². The van der Waals surface area contributed by atoms with E-state index in [1.165, 1.54) is 0 Å². The zero-order chi connectivity index (χ0) is 8.10. The molecule has 1 aromatic carbocycles. The van der Waals surface area contributed by atoms with E-state index in [0.29, 0.717) is 8.50 Å². The summed E-state index contributed by atoms with van der Waals surface area (Å²) in [5.74, 6) is 0.906. The fourth-order valence-electron chi connectivity index (χ4n) is 0.740. The summed E-state index contributed by atoms with van der Waals surface area (Å²) in [5, 5.41) is 0. The molecule has 0 aliphatic rings. The molecule has 0 heterocycles. The van der Waals surface area contributed by atoms with Gasteiger partial charge in [0.15, 0.2) is 0 Å². The Hall–Kier alpha value is -0.380. The van der Waals surface area contributed by atoms with Crippen molar-refractivity contribution in [1.29, 1.82) is 0 Å². The van der Waals surface area contributed by atoms with E-state index in [1.54, 1.807) is 0 Å². The molecule has 0 N–H and O–H groups in total. The third-order valence-corrected chi connectivity index (χ3v) is 2.00. The summed E-state index contributed by atoms with van der Waals surface area (Å²) >= 11 is 0. The molecular weight excluding hydrogens is 174 g/mol. The summed E-state index contributed by atoms with van der Waals surface area (Å²) in [5.41, 5.74) is 1.12. The lowest BCUT2D eigenvalue weighted by Crippen LogP contribution is -1.75. The van der Waals surface area contributed by atoms with Crippen molar-refractivity contribution in [2.75, 3.05) is 0 Å². The number of hydrogen-bond acceptors (Lipinski definition) is 1. The van der Waals surface area contributed by atoms with Crippen LogP contribution in [-0.4, -0.2) is 0 Å². The maximum Gasteiger partial charge on any atom is 0.123 e. The van der Waals surface area contributed by atoms with Crippen LogP contribution in [0.5, 0.6) is 5.75 Å². The van der Waals surface area contributed by atoms with Crippen LogP contribution in [0.15, 0.2) is 30.8 Å². The Morgan fingerprint density at radius 2 is 2.00 bits per heavy atom. The molecule has 1 nitrogen and oxygen atoms in total. The molecule has 2 atom stereocenters. The van der Waals surface area contributed by atoms with Gasteiger partial charge in [0.1, 0.15) is 5.75 Å². The average Bonchev–Trinajstić information content (AvgIpc) is 2.07. The third-order valence-electron chi connectivity index (χ3n) is 1.29. The Morgan fingerprint density at radius 3 is 2.45 bits per heavy atom. The van der Waals surface area contributed by atoms with Gasteiger partial charge in [-0.25, -0.2) is 0 Å². The fraction of sp³-hybridized carbons (Fsp3) is 0. The predicted octanol–water partition coefficient (Wildman–Crippen LogP) is 3.09. The van der Waals surface area contributed by atoms with E-state index >= 15 is 0 Å². The summed E-state index contributed by atoms with van der Waals surface area (Å²) in [6, 6.07) is 7.84. The van der Waals surface area contributed by atoms with Crippen molar-refractivity contribution in [3.63, 3.8) is 0 Å². The molecule has 0 aliphatic heterocycles. The first-order valence-corrected chi connectivity index (χ1v) is 5.93. The molecule has 1 aromatic rings. The van der Waals surface area contributed by atoms with Crippen LogP contribution in [0, 0.1) is 0 Å². The van der Waals surface area contributed by atoms with Gasteiger partial charge in [-0.3, -0.25) is 0 Å². The normalized spacial score (nSPS) is 10.3. The standard InChI is InChI=1S/C8H10OP2/c1-2-7-3-5-8(6-4-7)9-11-10/h2-6,11H,1,10H2. The fourth-order valence-corrected chi connectivity index (χ4v) is 1.42. The first kappa shape index (κ1) is 8.71. The van der Waals surface area contributed by atoms with Gasteiger partial charge in [0.25, 0.3) is 0 Å². The minimum atomic E-state index is 0.423. The van der Waals surface area contributed by atoms with Gasteiger partial charge in [-0.2, -0.15) is 0 Å². The van der Waals surface area contributed by atoms with Crippen molar-refractivity contribution >= 4 is 23.5 Å². The molecule has 0 saturated carbocycles. The van der Waals surface area contributed by atoms with E-state index in [1.807, 2.05) is 30.3 Å². The van der Waals surface area contributed by atoms with Crippen molar-refractivity contribution in [3.8, 4) is 5.75 Å². The lowest BCUT2D eigenvalue weighted by Gasteiger charge is -2.00. The van der Waals surface area contributed by atoms with Crippen molar-refractivity contribution < 1.29 is 4.52 Å². The third kappa shape index (κ3) is 2.61. The van der Waals surface area contributed by atoms with Gasteiger partial charge < -0.3 is 4.52 Å². The smallest absolute Gasteiger partial charge is 0.123 e. The highest BCUT2D eigenvalue weighted by atomic mass is 32.0. The Balaban J connectivity index is 2.74. The molecule has 3 heteroatoms. The van der Waals surface area contributed by atoms with Crippen LogP contribution < -0.4 is 4.52 Å². The molecule has 0 aromatic heterocycles. The molecule has 0 spiro atoms. The SMILES string of the molecule is C=Cc1ccc(OPP)cc1. The van der Waals surface area contributed by atoms with Gasteiger partial charge in [0.05, 0.1) is 8.50 Å². The van der Waals surface area contributed by atoms with Gasteiger partial charge in [0, 0.05) is 0 Å². The van der Waals surface area contributed by atoms with Gasteiger partial charge in [-0.15, -0.1) is 0 Å². The molecule has 0 bridgehead atoms. The second kappa shape index (κ2) is 4.49. The van der Waals surface area contributed by atoms with Crippen LogP contribution in [0.4, 0.5) is 0 Å². The van der Waals surface area contributed by atoms with Crippen LogP contribution in [0.2, 0.25) is 0 Å². The largest absolute Gasteiger partial charge is 0.473 e. The van der Waals surface area contributed by atoms with Gasteiger partial charge >= 0.3 is 0 Å². The van der Waals surface area contributed by atoms with Crippen LogP contribution in [-0.2, 0) is 0 Å². The number of benzene rings is 1. The highest BCUT2D eigenvalue weighted by Crippen LogP contribution is 2.26. The van der Waals surface area contributed by atoms with Crippen molar-refractivity contribution in [2.45, 2.75) is 0 Å². The Morgan fingerprint density at radius 1 is 1.36 bits per heavy atom. The zero-order valence-corrected chi connectivity index (χ0v) is 8.23. The molecule has 0 radical (unpaired) electrons. The predicted molar refractivity (Wildman–Crippen MR) is 55.2 cm³/mol. The van der Waals surface area contributed by atoms with Crippen LogP contribution in [0.1, 0.15) is 5.56 Å². The monoisotopic (exact) mass is 184 g/mol. The van der Waals surface area contributed by atoms with Crippen molar-refractivity contribution in [1.82, 2.24) is 0 Å². The van der Waals surface area contributed by atoms with E-state index in [9.17, 15) is 0 Å². The summed E-state index contributed by atoms with van der Waals surface area (Å²) in [4.78, 5) is 0. The van der Waals surface area contributed by atoms with Crippen LogP contribution in [0.3, 0.4) is 0 Å². The Labute approximate surface area is 70.8 Å². The maximum absolute atomic E-state index is 5.26. The molecule has 0 aliphatic carbocycles. The summed E-state index contributed by atoms with van der Waals surface area (Å²) in [7, 11) is 2.96. The van der Waals surface area contributed by atoms with E-state index in [2.05, 4.69) is 15.5 Å². The van der Waals surface area contributed by atoms with Gasteiger partial charge in [-0.1, -0.05) is 33.7 Å².